The minimum absolute atomic E-state index is 0.183. The highest BCUT2D eigenvalue weighted by Gasteiger charge is 2.24. The number of benzene rings is 1. The van der Waals surface area contributed by atoms with Crippen molar-refractivity contribution in [1.29, 1.82) is 0 Å². The summed E-state index contributed by atoms with van der Waals surface area (Å²) in [5, 5.41) is 11.7. The van der Waals surface area contributed by atoms with Gasteiger partial charge in [0.1, 0.15) is 12.6 Å². The molecule has 1 amide bonds. The fraction of sp³-hybridized carbons (Fsp3) is 0.294. The fourth-order valence-corrected chi connectivity index (χ4v) is 2.41. The normalized spacial score (nSPS) is 11.4. The monoisotopic (exact) mass is 360 g/mol. The number of imidazole rings is 1. The minimum Gasteiger partial charge on any atom is -0.480 e. The van der Waals surface area contributed by atoms with E-state index in [4.69, 9.17) is 9.84 Å². The van der Waals surface area contributed by atoms with Gasteiger partial charge in [0.15, 0.2) is 0 Å². The SMILES string of the molecule is COC(=O)[C@H](Cc1cnc[nH]1)NC(=O)CN(CC(=O)O)c1ccccc1. The lowest BCUT2D eigenvalue weighted by Crippen LogP contribution is -2.48. The molecule has 0 radical (unpaired) electrons. The Morgan fingerprint density at radius 3 is 2.58 bits per heavy atom. The van der Waals surface area contributed by atoms with Crippen molar-refractivity contribution >= 4 is 23.5 Å². The summed E-state index contributed by atoms with van der Waals surface area (Å²) >= 11 is 0. The number of esters is 1. The molecule has 9 nitrogen and oxygen atoms in total. The second-order valence-electron chi connectivity index (χ2n) is 5.51. The molecule has 0 aliphatic rings. The molecular weight excluding hydrogens is 340 g/mol. The largest absolute Gasteiger partial charge is 0.480 e. The van der Waals surface area contributed by atoms with Gasteiger partial charge in [-0.25, -0.2) is 9.78 Å². The van der Waals surface area contributed by atoms with E-state index in [2.05, 4.69) is 15.3 Å². The van der Waals surface area contributed by atoms with Crippen molar-refractivity contribution in [3.8, 4) is 0 Å². The number of nitrogens with zero attached hydrogens (tertiary/aromatic N) is 2. The van der Waals surface area contributed by atoms with Crippen LogP contribution in [0.25, 0.3) is 0 Å². The van der Waals surface area contributed by atoms with Gasteiger partial charge in [-0.05, 0) is 12.1 Å². The fourth-order valence-electron chi connectivity index (χ4n) is 2.41. The third-order valence-electron chi connectivity index (χ3n) is 3.58. The van der Waals surface area contributed by atoms with Crippen molar-refractivity contribution < 1.29 is 24.2 Å². The number of carboxylic acids is 1. The Morgan fingerprint density at radius 2 is 2.00 bits per heavy atom. The molecule has 1 aromatic heterocycles. The molecule has 2 aromatic rings. The van der Waals surface area contributed by atoms with Crippen LogP contribution >= 0.6 is 0 Å². The number of hydrogen-bond donors (Lipinski definition) is 3. The molecule has 0 unspecified atom stereocenters. The van der Waals surface area contributed by atoms with Crippen molar-refractivity contribution in [2.24, 2.45) is 0 Å². The Hall–Kier alpha value is -3.36. The molecule has 0 aliphatic heterocycles. The van der Waals surface area contributed by atoms with E-state index in [0.717, 1.165) is 0 Å². The second kappa shape index (κ2) is 9.21. The Kier molecular flexibility index (Phi) is 6.72. The summed E-state index contributed by atoms with van der Waals surface area (Å²) in [5.41, 5.74) is 1.25. The summed E-state index contributed by atoms with van der Waals surface area (Å²) < 4.78 is 4.72. The van der Waals surface area contributed by atoms with Gasteiger partial charge < -0.3 is 25.0 Å². The quantitative estimate of drug-likeness (QED) is 0.546. The van der Waals surface area contributed by atoms with E-state index in [9.17, 15) is 14.4 Å². The van der Waals surface area contributed by atoms with E-state index < -0.39 is 23.9 Å². The summed E-state index contributed by atoms with van der Waals surface area (Å²) in [5.74, 6) is -2.16. The van der Waals surface area contributed by atoms with Crippen LogP contribution < -0.4 is 10.2 Å². The predicted octanol–water partition coefficient (Wildman–Crippen LogP) is 0.201. The first-order valence-corrected chi connectivity index (χ1v) is 7.86. The molecule has 0 spiro atoms. The molecule has 3 N–H and O–H groups in total. The highest BCUT2D eigenvalue weighted by molar-refractivity contribution is 5.88. The van der Waals surface area contributed by atoms with Gasteiger partial charge in [0.05, 0.1) is 20.0 Å². The summed E-state index contributed by atoms with van der Waals surface area (Å²) in [7, 11) is 1.23. The van der Waals surface area contributed by atoms with E-state index in [1.165, 1.54) is 18.3 Å². The number of carboxylic acid groups (broad SMARTS) is 1. The van der Waals surface area contributed by atoms with E-state index in [1.54, 1.807) is 36.5 Å². The van der Waals surface area contributed by atoms with Crippen LogP contribution in [-0.4, -0.2) is 59.2 Å². The summed E-state index contributed by atoms with van der Waals surface area (Å²) in [6.07, 6.45) is 3.20. The first-order valence-electron chi connectivity index (χ1n) is 7.86. The van der Waals surface area contributed by atoms with Crippen LogP contribution in [0, 0.1) is 0 Å². The zero-order valence-electron chi connectivity index (χ0n) is 14.2. The Morgan fingerprint density at radius 1 is 1.27 bits per heavy atom. The van der Waals surface area contributed by atoms with Gasteiger partial charge in [-0.2, -0.15) is 0 Å². The first kappa shape index (κ1) is 19.0. The molecule has 1 heterocycles. The van der Waals surface area contributed by atoms with Crippen LogP contribution in [0.4, 0.5) is 5.69 Å². The van der Waals surface area contributed by atoms with Crippen molar-refractivity contribution in [2.75, 3.05) is 25.1 Å². The van der Waals surface area contributed by atoms with Crippen LogP contribution in [0.3, 0.4) is 0 Å². The third-order valence-corrected chi connectivity index (χ3v) is 3.58. The van der Waals surface area contributed by atoms with Gasteiger partial charge in [-0.15, -0.1) is 0 Å². The number of amides is 1. The lowest BCUT2D eigenvalue weighted by Gasteiger charge is -2.23. The number of H-pyrrole nitrogens is 1. The molecule has 1 aromatic carbocycles. The molecule has 0 bridgehead atoms. The van der Waals surface area contributed by atoms with Crippen LogP contribution in [0.5, 0.6) is 0 Å². The molecule has 0 fully saturated rings. The topological polar surface area (TPSA) is 125 Å². The van der Waals surface area contributed by atoms with Crippen LogP contribution in [0.1, 0.15) is 5.69 Å². The molecular formula is C17H20N4O5. The van der Waals surface area contributed by atoms with Gasteiger partial charge >= 0.3 is 11.9 Å². The second-order valence-corrected chi connectivity index (χ2v) is 5.51. The minimum atomic E-state index is -1.07. The number of carbonyl (C=O) groups excluding carboxylic acids is 2. The summed E-state index contributed by atoms with van der Waals surface area (Å²) in [6, 6.07) is 7.79. The molecule has 2 rings (SSSR count). The molecule has 9 heteroatoms. The third kappa shape index (κ3) is 5.62. The van der Waals surface area contributed by atoms with Crippen LogP contribution in [0.2, 0.25) is 0 Å². The average molecular weight is 360 g/mol. The lowest BCUT2D eigenvalue weighted by atomic mass is 10.1. The zero-order chi connectivity index (χ0) is 18.9. The lowest BCUT2D eigenvalue weighted by molar-refractivity contribution is -0.145. The summed E-state index contributed by atoms with van der Waals surface area (Å²) in [4.78, 5) is 43.5. The molecule has 0 aliphatic carbocycles. The number of anilines is 1. The van der Waals surface area contributed by atoms with Crippen molar-refractivity contribution in [3.05, 3.63) is 48.5 Å². The van der Waals surface area contributed by atoms with Crippen molar-refractivity contribution in [2.45, 2.75) is 12.5 Å². The number of methoxy groups -OCH3 is 1. The molecule has 0 saturated carbocycles. The van der Waals surface area contributed by atoms with E-state index in [-0.39, 0.29) is 19.5 Å². The number of ether oxygens (including phenoxy) is 1. The van der Waals surface area contributed by atoms with Gasteiger partial charge in [0.2, 0.25) is 5.91 Å². The van der Waals surface area contributed by atoms with E-state index in [0.29, 0.717) is 11.4 Å². The Bertz CT molecular complexity index is 733. The van der Waals surface area contributed by atoms with Gasteiger partial charge in [-0.1, -0.05) is 18.2 Å². The van der Waals surface area contributed by atoms with Crippen molar-refractivity contribution in [3.63, 3.8) is 0 Å². The number of hydrogen-bond acceptors (Lipinski definition) is 6. The number of aromatic nitrogens is 2. The Balaban J connectivity index is 2.06. The standard InChI is InChI=1S/C17H20N4O5/c1-26-17(25)14(7-12-8-18-11-19-12)20-15(22)9-21(10-16(23)24)13-5-3-2-4-6-13/h2-6,8,11,14H,7,9-10H2,1H3,(H,18,19)(H,20,22)(H,23,24)/t14-/m0/s1. The maximum absolute atomic E-state index is 12.4. The first-order chi connectivity index (χ1) is 12.5. The highest BCUT2D eigenvalue weighted by Crippen LogP contribution is 2.12. The smallest absolute Gasteiger partial charge is 0.328 e. The van der Waals surface area contributed by atoms with Crippen LogP contribution in [-0.2, 0) is 25.5 Å². The Labute approximate surface area is 150 Å². The number of rotatable bonds is 9. The van der Waals surface area contributed by atoms with E-state index in [1.807, 2.05) is 0 Å². The summed E-state index contributed by atoms with van der Waals surface area (Å²) in [6.45, 7) is -0.562. The maximum Gasteiger partial charge on any atom is 0.328 e. The number of aromatic amines is 1. The van der Waals surface area contributed by atoms with Gasteiger partial charge in [0.25, 0.3) is 0 Å². The van der Waals surface area contributed by atoms with Crippen molar-refractivity contribution in [1.82, 2.24) is 15.3 Å². The molecule has 26 heavy (non-hydrogen) atoms. The maximum atomic E-state index is 12.4. The zero-order valence-corrected chi connectivity index (χ0v) is 14.2. The van der Waals surface area contributed by atoms with Gasteiger partial charge in [0, 0.05) is 24.0 Å². The number of nitrogens with one attached hydrogen (secondary N) is 2. The molecule has 0 saturated heterocycles. The average Bonchev–Trinajstić information content (AvgIpc) is 3.13. The van der Waals surface area contributed by atoms with Crippen LogP contribution in [0.15, 0.2) is 42.9 Å². The van der Waals surface area contributed by atoms with E-state index >= 15 is 0 Å². The predicted molar refractivity (Wildman–Crippen MR) is 92.5 cm³/mol. The molecule has 1 atom stereocenters. The number of para-hydroxylation sites is 1. The number of aliphatic carboxylic acids is 1. The molecule has 138 valence electrons. The highest BCUT2D eigenvalue weighted by atomic mass is 16.5. The van der Waals surface area contributed by atoms with Gasteiger partial charge in [-0.3, -0.25) is 9.59 Å². The number of carbonyl (C=O) groups is 3.